The first kappa shape index (κ1) is 17.3. The molecule has 126 valence electrons. The highest BCUT2D eigenvalue weighted by atomic mass is 16.5. The third-order valence-corrected chi connectivity index (χ3v) is 4.07. The average molecular weight is 318 g/mol. The van der Waals surface area contributed by atoms with Crippen molar-refractivity contribution in [3.8, 4) is 5.75 Å². The van der Waals surface area contributed by atoms with Gasteiger partial charge >= 0.3 is 0 Å². The highest BCUT2D eigenvalue weighted by Crippen LogP contribution is 2.18. The zero-order chi connectivity index (χ0) is 16.7. The van der Waals surface area contributed by atoms with E-state index in [4.69, 9.17) is 4.74 Å². The predicted octanol–water partition coefficient (Wildman–Crippen LogP) is 2.67. The molecule has 0 aromatic heterocycles. The van der Waals surface area contributed by atoms with Crippen molar-refractivity contribution in [3.63, 3.8) is 0 Å². The fourth-order valence-corrected chi connectivity index (χ4v) is 2.77. The molecule has 1 aliphatic heterocycles. The number of benzene rings is 1. The molecule has 5 nitrogen and oxygen atoms in total. The summed E-state index contributed by atoms with van der Waals surface area (Å²) in [6, 6.07) is 7.61. The summed E-state index contributed by atoms with van der Waals surface area (Å²) in [4.78, 5) is 25.8. The molecule has 0 spiro atoms. The fraction of sp³-hybridized carbons (Fsp3) is 0.556. The number of carbonyl (C=O) groups excluding carboxylic acids is 2. The zero-order valence-corrected chi connectivity index (χ0v) is 14.0. The van der Waals surface area contributed by atoms with Crippen LogP contribution >= 0.6 is 0 Å². The maximum absolute atomic E-state index is 12.2. The van der Waals surface area contributed by atoms with Crippen molar-refractivity contribution < 1.29 is 14.3 Å². The quantitative estimate of drug-likeness (QED) is 0.877. The van der Waals surface area contributed by atoms with Crippen LogP contribution in [0.2, 0.25) is 0 Å². The second-order valence-electron chi connectivity index (χ2n) is 5.92. The van der Waals surface area contributed by atoms with Crippen LogP contribution in [0, 0.1) is 0 Å². The summed E-state index contributed by atoms with van der Waals surface area (Å²) in [6.07, 6.45) is 3.53. The molecule has 0 saturated carbocycles. The normalized spacial score (nSPS) is 16.6. The Kier molecular flexibility index (Phi) is 6.44. The van der Waals surface area contributed by atoms with Crippen molar-refractivity contribution in [2.45, 2.75) is 45.6 Å². The van der Waals surface area contributed by atoms with Crippen LogP contribution in [-0.4, -0.2) is 36.4 Å². The van der Waals surface area contributed by atoms with E-state index >= 15 is 0 Å². The van der Waals surface area contributed by atoms with Crippen LogP contribution in [0.15, 0.2) is 24.3 Å². The summed E-state index contributed by atoms with van der Waals surface area (Å²) in [7, 11) is 0. The molecule has 2 rings (SSSR count). The standard InChI is InChI=1S/C18H26N2O3/c1-3-23-16-10-8-15(9-11-16)14(2)19-17(21)13-20-12-6-4-5-7-18(20)22/h8-11,14H,3-7,12-13H2,1-2H3,(H,19,21). The van der Waals surface area contributed by atoms with Crippen molar-refractivity contribution >= 4 is 11.8 Å². The first-order chi connectivity index (χ1) is 11.1. The third-order valence-electron chi connectivity index (χ3n) is 4.07. The van der Waals surface area contributed by atoms with Crippen molar-refractivity contribution in [1.29, 1.82) is 0 Å². The minimum Gasteiger partial charge on any atom is -0.494 e. The second kappa shape index (κ2) is 8.56. The van der Waals surface area contributed by atoms with Gasteiger partial charge < -0.3 is 15.0 Å². The Hall–Kier alpha value is -2.04. The van der Waals surface area contributed by atoms with Crippen LogP contribution in [0.5, 0.6) is 5.75 Å². The lowest BCUT2D eigenvalue weighted by molar-refractivity contribution is -0.135. The number of nitrogens with zero attached hydrogens (tertiary/aromatic N) is 1. The molecule has 1 unspecified atom stereocenters. The van der Waals surface area contributed by atoms with Crippen LogP contribution < -0.4 is 10.1 Å². The summed E-state index contributed by atoms with van der Waals surface area (Å²) in [5.74, 6) is 0.804. The van der Waals surface area contributed by atoms with Gasteiger partial charge in [-0.2, -0.15) is 0 Å². The average Bonchev–Trinajstić information content (AvgIpc) is 2.73. The van der Waals surface area contributed by atoms with E-state index in [1.807, 2.05) is 38.1 Å². The molecule has 0 bridgehead atoms. The minimum absolute atomic E-state index is 0.0892. The van der Waals surface area contributed by atoms with Gasteiger partial charge in [0.25, 0.3) is 0 Å². The smallest absolute Gasteiger partial charge is 0.240 e. The van der Waals surface area contributed by atoms with E-state index in [2.05, 4.69) is 5.32 Å². The molecule has 1 fully saturated rings. The van der Waals surface area contributed by atoms with Gasteiger partial charge in [-0.1, -0.05) is 18.6 Å². The number of ether oxygens (including phenoxy) is 1. The number of rotatable bonds is 6. The molecule has 1 aliphatic rings. The third kappa shape index (κ3) is 5.27. The molecule has 0 radical (unpaired) electrons. The zero-order valence-electron chi connectivity index (χ0n) is 14.0. The van der Waals surface area contributed by atoms with E-state index in [1.54, 1.807) is 4.90 Å². The van der Waals surface area contributed by atoms with E-state index < -0.39 is 0 Å². The number of nitrogens with one attached hydrogen (secondary N) is 1. The summed E-state index contributed by atoms with van der Waals surface area (Å²) in [5, 5.41) is 2.96. The van der Waals surface area contributed by atoms with E-state index in [-0.39, 0.29) is 24.4 Å². The summed E-state index contributed by atoms with van der Waals surface area (Å²) in [5.41, 5.74) is 1.02. The molecule has 23 heavy (non-hydrogen) atoms. The lowest BCUT2D eigenvalue weighted by Crippen LogP contribution is -2.41. The molecule has 1 saturated heterocycles. The van der Waals surface area contributed by atoms with Crippen LogP contribution in [0.4, 0.5) is 0 Å². The van der Waals surface area contributed by atoms with Gasteiger partial charge in [-0.15, -0.1) is 0 Å². The predicted molar refractivity (Wildman–Crippen MR) is 89.2 cm³/mol. The van der Waals surface area contributed by atoms with Crippen LogP contribution in [0.3, 0.4) is 0 Å². The monoisotopic (exact) mass is 318 g/mol. The van der Waals surface area contributed by atoms with Gasteiger partial charge in [-0.25, -0.2) is 0 Å². The summed E-state index contributed by atoms with van der Waals surface area (Å²) >= 11 is 0. The molecule has 5 heteroatoms. The molecule has 1 aromatic rings. The highest BCUT2D eigenvalue weighted by Gasteiger charge is 2.20. The number of amides is 2. The highest BCUT2D eigenvalue weighted by molar-refractivity contribution is 5.85. The fourth-order valence-electron chi connectivity index (χ4n) is 2.77. The first-order valence-corrected chi connectivity index (χ1v) is 8.40. The number of likely N-dealkylation sites (tertiary alicyclic amines) is 1. The molecular weight excluding hydrogens is 292 g/mol. The Bertz CT molecular complexity index is 528. The molecule has 1 heterocycles. The topological polar surface area (TPSA) is 58.6 Å². The lowest BCUT2D eigenvalue weighted by Gasteiger charge is -2.22. The maximum atomic E-state index is 12.2. The minimum atomic E-state index is -0.110. The van der Waals surface area contributed by atoms with Crippen LogP contribution in [-0.2, 0) is 9.59 Å². The van der Waals surface area contributed by atoms with Crippen LogP contribution in [0.25, 0.3) is 0 Å². The lowest BCUT2D eigenvalue weighted by atomic mass is 10.1. The Labute approximate surface area is 138 Å². The molecule has 0 aliphatic carbocycles. The molecule has 1 N–H and O–H groups in total. The maximum Gasteiger partial charge on any atom is 0.240 e. The van der Waals surface area contributed by atoms with Gasteiger partial charge in [0.15, 0.2) is 0 Å². The largest absolute Gasteiger partial charge is 0.494 e. The van der Waals surface area contributed by atoms with Gasteiger partial charge in [0.2, 0.25) is 11.8 Å². The van der Waals surface area contributed by atoms with E-state index in [0.717, 1.165) is 30.6 Å². The molecular formula is C18H26N2O3. The van der Waals surface area contributed by atoms with Crippen LogP contribution in [0.1, 0.15) is 51.1 Å². The van der Waals surface area contributed by atoms with E-state index in [9.17, 15) is 9.59 Å². The van der Waals surface area contributed by atoms with Gasteiger partial charge in [0, 0.05) is 13.0 Å². The Morgan fingerprint density at radius 3 is 2.70 bits per heavy atom. The Morgan fingerprint density at radius 1 is 1.26 bits per heavy atom. The van der Waals surface area contributed by atoms with Crippen molar-refractivity contribution in [1.82, 2.24) is 10.2 Å². The Balaban J connectivity index is 1.87. The van der Waals surface area contributed by atoms with E-state index in [1.165, 1.54) is 0 Å². The van der Waals surface area contributed by atoms with Crippen molar-refractivity contribution in [2.24, 2.45) is 0 Å². The number of hydrogen-bond acceptors (Lipinski definition) is 3. The van der Waals surface area contributed by atoms with Crippen molar-refractivity contribution in [2.75, 3.05) is 19.7 Å². The van der Waals surface area contributed by atoms with Gasteiger partial charge in [0.1, 0.15) is 5.75 Å². The van der Waals surface area contributed by atoms with E-state index in [0.29, 0.717) is 19.6 Å². The Morgan fingerprint density at radius 2 is 2.00 bits per heavy atom. The molecule has 2 amide bonds. The molecule has 1 atom stereocenters. The van der Waals surface area contributed by atoms with Gasteiger partial charge in [0.05, 0.1) is 19.2 Å². The molecule has 1 aromatic carbocycles. The SMILES string of the molecule is CCOc1ccc(C(C)NC(=O)CN2CCCCCC2=O)cc1. The van der Waals surface area contributed by atoms with Gasteiger partial charge in [-0.05, 0) is 44.4 Å². The van der Waals surface area contributed by atoms with Crippen molar-refractivity contribution in [3.05, 3.63) is 29.8 Å². The first-order valence-electron chi connectivity index (χ1n) is 8.40. The second-order valence-corrected chi connectivity index (χ2v) is 5.92. The summed E-state index contributed by atoms with van der Waals surface area (Å²) in [6.45, 7) is 5.36. The van der Waals surface area contributed by atoms with Gasteiger partial charge in [-0.3, -0.25) is 9.59 Å². The number of hydrogen-bond donors (Lipinski definition) is 1. The number of carbonyl (C=O) groups is 2. The summed E-state index contributed by atoms with van der Waals surface area (Å²) < 4.78 is 5.41.